The molecule has 7 nitrogen and oxygen atoms in total. The SMILES string of the molecule is CCNC(=O)c1ccccc1NC(=O)[C@H]1CNC[C@@H]1c1cnn(C)c1.Cl. The van der Waals surface area contributed by atoms with E-state index in [1.54, 1.807) is 29.1 Å². The van der Waals surface area contributed by atoms with Crippen molar-refractivity contribution < 1.29 is 9.59 Å². The van der Waals surface area contributed by atoms with Crippen LogP contribution >= 0.6 is 12.4 Å². The van der Waals surface area contributed by atoms with Crippen LogP contribution in [0, 0.1) is 5.92 Å². The number of nitrogens with one attached hydrogen (secondary N) is 3. The summed E-state index contributed by atoms with van der Waals surface area (Å²) in [5, 5.41) is 13.2. The number of hydrogen-bond acceptors (Lipinski definition) is 4. The highest BCUT2D eigenvalue weighted by Gasteiger charge is 2.35. The van der Waals surface area contributed by atoms with Gasteiger partial charge in [0.05, 0.1) is 23.4 Å². The van der Waals surface area contributed by atoms with E-state index in [9.17, 15) is 9.59 Å². The van der Waals surface area contributed by atoms with Gasteiger partial charge < -0.3 is 16.0 Å². The number of aromatic nitrogens is 2. The Labute approximate surface area is 159 Å². The average Bonchev–Trinajstić information content (AvgIpc) is 3.24. The number of halogens is 1. The predicted octanol–water partition coefficient (Wildman–Crippen LogP) is 1.53. The second kappa shape index (κ2) is 8.82. The Morgan fingerprint density at radius 3 is 2.77 bits per heavy atom. The molecule has 2 aromatic rings. The van der Waals surface area contributed by atoms with Crippen LogP contribution in [0.5, 0.6) is 0 Å². The number of amides is 2. The summed E-state index contributed by atoms with van der Waals surface area (Å²) in [6.07, 6.45) is 3.75. The van der Waals surface area contributed by atoms with E-state index >= 15 is 0 Å². The van der Waals surface area contributed by atoms with Crippen molar-refractivity contribution in [2.75, 3.05) is 25.0 Å². The van der Waals surface area contributed by atoms with Crippen LogP contribution in [0.2, 0.25) is 0 Å². The number of aryl methyl sites for hydroxylation is 1. The van der Waals surface area contributed by atoms with E-state index in [-0.39, 0.29) is 36.1 Å². The van der Waals surface area contributed by atoms with Gasteiger partial charge in [-0.2, -0.15) is 5.10 Å². The van der Waals surface area contributed by atoms with Crippen LogP contribution in [0.1, 0.15) is 28.8 Å². The Balaban J connectivity index is 0.00000243. The van der Waals surface area contributed by atoms with Gasteiger partial charge in [0.2, 0.25) is 5.91 Å². The van der Waals surface area contributed by atoms with Crippen LogP contribution in [0.25, 0.3) is 0 Å². The minimum absolute atomic E-state index is 0. The molecule has 1 aliphatic heterocycles. The first-order valence-corrected chi connectivity index (χ1v) is 8.47. The summed E-state index contributed by atoms with van der Waals surface area (Å²) >= 11 is 0. The standard InChI is InChI=1S/C18H23N5O2.ClH/c1-3-20-17(24)13-6-4-5-7-16(13)22-18(25)15-10-19-9-14(15)12-8-21-23(2)11-12;/h4-8,11,14-15,19H,3,9-10H2,1-2H3,(H,20,24)(H,22,25);1H/t14-,15+;/m1./s1. The zero-order valence-electron chi connectivity index (χ0n) is 14.9. The number of rotatable bonds is 5. The second-order valence-corrected chi connectivity index (χ2v) is 6.21. The highest BCUT2D eigenvalue weighted by Crippen LogP contribution is 2.29. The molecule has 2 heterocycles. The molecule has 140 valence electrons. The van der Waals surface area contributed by atoms with Gasteiger partial charge in [-0.15, -0.1) is 12.4 Å². The Hall–Kier alpha value is -2.38. The van der Waals surface area contributed by atoms with Gasteiger partial charge in [0.25, 0.3) is 5.91 Å². The number of carbonyl (C=O) groups is 2. The van der Waals surface area contributed by atoms with Gasteiger partial charge in [-0.25, -0.2) is 0 Å². The van der Waals surface area contributed by atoms with Gasteiger partial charge in [0.1, 0.15) is 0 Å². The first-order valence-electron chi connectivity index (χ1n) is 8.47. The van der Waals surface area contributed by atoms with Crippen molar-refractivity contribution in [2.24, 2.45) is 13.0 Å². The number of hydrogen-bond donors (Lipinski definition) is 3. The lowest BCUT2D eigenvalue weighted by Crippen LogP contribution is -2.30. The van der Waals surface area contributed by atoms with Crippen LogP contribution in [0.3, 0.4) is 0 Å². The van der Waals surface area contributed by atoms with E-state index in [0.717, 1.165) is 12.1 Å². The fourth-order valence-corrected chi connectivity index (χ4v) is 3.21. The number of anilines is 1. The Morgan fingerprint density at radius 1 is 1.31 bits per heavy atom. The van der Waals surface area contributed by atoms with Crippen LogP contribution in [-0.4, -0.2) is 41.2 Å². The number of carbonyl (C=O) groups excluding carboxylic acids is 2. The Morgan fingerprint density at radius 2 is 2.08 bits per heavy atom. The van der Waals surface area contributed by atoms with Crippen molar-refractivity contribution in [3.63, 3.8) is 0 Å². The van der Waals surface area contributed by atoms with E-state index in [4.69, 9.17) is 0 Å². The first kappa shape index (κ1) is 19.9. The smallest absolute Gasteiger partial charge is 0.253 e. The maximum absolute atomic E-state index is 12.8. The lowest BCUT2D eigenvalue weighted by molar-refractivity contribution is -0.119. The van der Waals surface area contributed by atoms with Crippen molar-refractivity contribution in [1.29, 1.82) is 0 Å². The van der Waals surface area contributed by atoms with Crippen LogP contribution in [-0.2, 0) is 11.8 Å². The molecule has 1 aromatic heterocycles. The van der Waals surface area contributed by atoms with Crippen molar-refractivity contribution >= 4 is 29.9 Å². The molecule has 8 heteroatoms. The van der Waals surface area contributed by atoms with Crippen molar-refractivity contribution in [3.8, 4) is 0 Å². The van der Waals surface area contributed by atoms with E-state index < -0.39 is 0 Å². The summed E-state index contributed by atoms with van der Waals surface area (Å²) in [5.41, 5.74) is 2.06. The highest BCUT2D eigenvalue weighted by atomic mass is 35.5. The fraction of sp³-hybridized carbons (Fsp3) is 0.389. The predicted molar refractivity (Wildman–Crippen MR) is 103 cm³/mol. The topological polar surface area (TPSA) is 88.1 Å². The average molecular weight is 378 g/mol. The first-order chi connectivity index (χ1) is 12.1. The Bertz CT molecular complexity index is 776. The third-order valence-electron chi connectivity index (χ3n) is 4.47. The van der Waals surface area contributed by atoms with Gasteiger partial charge >= 0.3 is 0 Å². The van der Waals surface area contributed by atoms with Gasteiger partial charge in [-0.05, 0) is 24.6 Å². The molecule has 0 unspecified atom stereocenters. The van der Waals surface area contributed by atoms with Crippen molar-refractivity contribution in [2.45, 2.75) is 12.8 Å². The molecule has 0 aliphatic carbocycles. The molecule has 0 radical (unpaired) electrons. The number of para-hydroxylation sites is 1. The maximum Gasteiger partial charge on any atom is 0.253 e. The molecule has 1 saturated heterocycles. The summed E-state index contributed by atoms with van der Waals surface area (Å²) in [6, 6.07) is 7.07. The normalized spacial score (nSPS) is 18.8. The molecule has 1 aliphatic rings. The lowest BCUT2D eigenvalue weighted by Gasteiger charge is -2.18. The summed E-state index contributed by atoms with van der Waals surface area (Å²) in [6.45, 7) is 3.75. The number of benzene rings is 1. The molecule has 3 rings (SSSR count). The van der Waals surface area contributed by atoms with E-state index in [0.29, 0.717) is 24.3 Å². The second-order valence-electron chi connectivity index (χ2n) is 6.21. The molecule has 1 fully saturated rings. The lowest BCUT2D eigenvalue weighted by atomic mass is 9.90. The summed E-state index contributed by atoms with van der Waals surface area (Å²) in [7, 11) is 1.86. The molecule has 2 atom stereocenters. The van der Waals surface area contributed by atoms with Gasteiger partial charge in [0, 0.05) is 38.8 Å². The largest absolute Gasteiger partial charge is 0.352 e. The quantitative estimate of drug-likeness (QED) is 0.737. The molecule has 1 aromatic carbocycles. The minimum atomic E-state index is -0.202. The maximum atomic E-state index is 12.8. The van der Waals surface area contributed by atoms with E-state index in [1.165, 1.54) is 0 Å². The molecule has 0 bridgehead atoms. The molecule has 2 amide bonds. The van der Waals surface area contributed by atoms with Gasteiger partial charge in [0.15, 0.2) is 0 Å². The summed E-state index contributed by atoms with van der Waals surface area (Å²) in [5.74, 6) is -0.404. The van der Waals surface area contributed by atoms with Gasteiger partial charge in [-0.3, -0.25) is 14.3 Å². The fourth-order valence-electron chi connectivity index (χ4n) is 3.21. The zero-order chi connectivity index (χ0) is 17.8. The third-order valence-corrected chi connectivity index (χ3v) is 4.47. The minimum Gasteiger partial charge on any atom is -0.352 e. The van der Waals surface area contributed by atoms with Crippen molar-refractivity contribution in [3.05, 3.63) is 47.8 Å². The molecule has 3 N–H and O–H groups in total. The van der Waals surface area contributed by atoms with Crippen LogP contribution in [0.15, 0.2) is 36.7 Å². The van der Waals surface area contributed by atoms with Gasteiger partial charge in [-0.1, -0.05) is 12.1 Å². The third kappa shape index (κ3) is 4.23. The Kier molecular flexibility index (Phi) is 6.76. The van der Waals surface area contributed by atoms with Crippen LogP contribution < -0.4 is 16.0 Å². The molecule has 26 heavy (non-hydrogen) atoms. The monoisotopic (exact) mass is 377 g/mol. The highest BCUT2D eigenvalue weighted by molar-refractivity contribution is 6.04. The molecule has 0 spiro atoms. The molecular weight excluding hydrogens is 354 g/mol. The van der Waals surface area contributed by atoms with Crippen molar-refractivity contribution in [1.82, 2.24) is 20.4 Å². The van der Waals surface area contributed by atoms with Crippen LogP contribution in [0.4, 0.5) is 5.69 Å². The molecule has 0 saturated carbocycles. The molecular formula is C18H24ClN5O2. The summed E-state index contributed by atoms with van der Waals surface area (Å²) < 4.78 is 1.74. The number of nitrogens with zero attached hydrogens (tertiary/aromatic N) is 2. The van der Waals surface area contributed by atoms with E-state index in [1.807, 2.05) is 26.2 Å². The summed E-state index contributed by atoms with van der Waals surface area (Å²) in [4.78, 5) is 25.0. The van der Waals surface area contributed by atoms with E-state index in [2.05, 4.69) is 21.0 Å². The zero-order valence-corrected chi connectivity index (χ0v) is 15.7.